The van der Waals surface area contributed by atoms with Gasteiger partial charge < -0.3 is 33.2 Å². The molecule has 0 aromatic carbocycles. The van der Waals surface area contributed by atoms with Crippen LogP contribution < -0.4 is 6.15 Å². The van der Waals surface area contributed by atoms with Gasteiger partial charge in [-0.05, 0) is 6.92 Å². The van der Waals surface area contributed by atoms with Gasteiger partial charge in [-0.2, -0.15) is 0 Å². The van der Waals surface area contributed by atoms with Gasteiger partial charge in [0.2, 0.25) is 0 Å². The maximum absolute atomic E-state index is 9.75. The lowest BCUT2D eigenvalue weighted by molar-refractivity contribution is 0.308. The monoisotopic (exact) mass is 217 g/mol. The van der Waals surface area contributed by atoms with Crippen molar-refractivity contribution in [1.82, 2.24) is 16.0 Å². The SMILES string of the molecule is CCN1C=CN(C)C1.F[B-](F)(F)F.[NH4+]. The Morgan fingerprint density at radius 3 is 1.79 bits per heavy atom. The summed E-state index contributed by atoms with van der Waals surface area (Å²) in [4.78, 5) is 4.41. The van der Waals surface area contributed by atoms with Crippen LogP contribution in [0.5, 0.6) is 0 Å². The molecule has 0 unspecified atom stereocenters. The molecule has 1 aliphatic heterocycles. The highest BCUT2D eigenvalue weighted by Gasteiger charge is 2.20. The van der Waals surface area contributed by atoms with E-state index in [1.165, 1.54) is 0 Å². The Kier molecular flexibility index (Phi) is 7.25. The van der Waals surface area contributed by atoms with Gasteiger partial charge in [0, 0.05) is 26.0 Å². The van der Waals surface area contributed by atoms with Crippen molar-refractivity contribution in [1.29, 1.82) is 0 Å². The summed E-state index contributed by atoms with van der Waals surface area (Å²) < 4.78 is 39.0. The first kappa shape index (κ1) is 15.6. The molecule has 0 saturated carbocycles. The molecule has 0 aromatic rings. The van der Waals surface area contributed by atoms with Crippen LogP contribution in [0.1, 0.15) is 6.92 Å². The third-order valence-corrected chi connectivity index (χ3v) is 1.34. The van der Waals surface area contributed by atoms with Gasteiger partial charge >= 0.3 is 7.25 Å². The van der Waals surface area contributed by atoms with Gasteiger partial charge in [0.1, 0.15) is 0 Å². The summed E-state index contributed by atoms with van der Waals surface area (Å²) in [5.41, 5.74) is 0. The molecule has 8 heteroatoms. The number of hydrogen-bond donors (Lipinski definition) is 1. The molecule has 1 heterocycles. The smallest absolute Gasteiger partial charge is 0.418 e. The second-order valence-corrected chi connectivity index (χ2v) is 2.60. The second-order valence-electron chi connectivity index (χ2n) is 2.60. The van der Waals surface area contributed by atoms with Crippen LogP contribution >= 0.6 is 0 Å². The Hall–Kier alpha value is -0.915. The van der Waals surface area contributed by atoms with E-state index in [0.717, 1.165) is 13.2 Å². The molecular weight excluding hydrogens is 201 g/mol. The van der Waals surface area contributed by atoms with Crippen LogP contribution in [0.4, 0.5) is 17.3 Å². The van der Waals surface area contributed by atoms with Crippen molar-refractivity contribution in [2.24, 2.45) is 0 Å². The fourth-order valence-electron chi connectivity index (χ4n) is 0.794. The van der Waals surface area contributed by atoms with Gasteiger partial charge in [-0.15, -0.1) is 0 Å². The number of nitrogens with zero attached hydrogens (tertiary/aromatic N) is 2. The van der Waals surface area contributed by atoms with Crippen LogP contribution in [0, 0.1) is 0 Å². The summed E-state index contributed by atoms with van der Waals surface area (Å²) in [5.74, 6) is 0. The molecule has 0 saturated heterocycles. The zero-order valence-corrected chi connectivity index (χ0v) is 8.55. The van der Waals surface area contributed by atoms with Crippen LogP contribution in [0.2, 0.25) is 0 Å². The average Bonchev–Trinajstić information content (AvgIpc) is 2.31. The molecule has 0 spiro atoms. The van der Waals surface area contributed by atoms with E-state index in [1.54, 1.807) is 0 Å². The number of rotatable bonds is 1. The quantitative estimate of drug-likeness (QED) is 0.541. The molecule has 0 atom stereocenters. The molecule has 0 aliphatic carbocycles. The molecule has 0 amide bonds. The third-order valence-electron chi connectivity index (χ3n) is 1.34. The summed E-state index contributed by atoms with van der Waals surface area (Å²) in [7, 11) is -3.92. The van der Waals surface area contributed by atoms with Gasteiger partial charge in [-0.1, -0.05) is 0 Å². The van der Waals surface area contributed by atoms with Crippen LogP contribution in [0.15, 0.2) is 12.4 Å². The van der Waals surface area contributed by atoms with E-state index in [1.807, 2.05) is 0 Å². The van der Waals surface area contributed by atoms with E-state index < -0.39 is 7.25 Å². The Morgan fingerprint density at radius 2 is 1.64 bits per heavy atom. The third kappa shape index (κ3) is 11.1. The minimum Gasteiger partial charge on any atom is -0.418 e. The first-order chi connectivity index (χ1) is 5.83. The lowest BCUT2D eigenvalue weighted by atomic mass is 10.3. The maximum atomic E-state index is 9.75. The van der Waals surface area contributed by atoms with Gasteiger partial charge in [0.05, 0.1) is 6.67 Å². The van der Waals surface area contributed by atoms with Crippen molar-refractivity contribution in [3.8, 4) is 0 Å². The molecule has 86 valence electrons. The van der Waals surface area contributed by atoms with Gasteiger partial charge in [-0.25, -0.2) is 0 Å². The maximum Gasteiger partial charge on any atom is 0.673 e. The fourth-order valence-corrected chi connectivity index (χ4v) is 0.794. The summed E-state index contributed by atoms with van der Waals surface area (Å²) >= 11 is 0. The Labute approximate surface area is 81.0 Å². The topological polar surface area (TPSA) is 43.0 Å². The van der Waals surface area contributed by atoms with Crippen molar-refractivity contribution >= 4 is 7.25 Å². The summed E-state index contributed by atoms with van der Waals surface area (Å²) in [5, 5.41) is 0. The summed E-state index contributed by atoms with van der Waals surface area (Å²) in [6.45, 7) is 4.32. The van der Waals surface area contributed by atoms with Crippen LogP contribution in [0.3, 0.4) is 0 Å². The minimum atomic E-state index is -6.00. The molecule has 3 nitrogen and oxygen atoms in total. The van der Waals surface area contributed by atoms with Crippen LogP contribution in [0.25, 0.3) is 0 Å². The van der Waals surface area contributed by atoms with E-state index in [2.05, 4.69) is 36.2 Å². The van der Waals surface area contributed by atoms with Crippen molar-refractivity contribution < 1.29 is 17.3 Å². The minimum absolute atomic E-state index is 0. The molecule has 0 aromatic heterocycles. The molecule has 0 fully saturated rings. The molecule has 1 rings (SSSR count). The molecule has 14 heavy (non-hydrogen) atoms. The molecular formula is C6H16BF4N3. The molecule has 4 N–H and O–H groups in total. The van der Waals surface area contributed by atoms with Crippen molar-refractivity contribution in [3.63, 3.8) is 0 Å². The zero-order chi connectivity index (χ0) is 10.5. The summed E-state index contributed by atoms with van der Waals surface area (Å²) in [6, 6.07) is 0. The average molecular weight is 217 g/mol. The van der Waals surface area contributed by atoms with E-state index in [-0.39, 0.29) is 6.15 Å². The lowest BCUT2D eigenvalue weighted by Crippen LogP contribution is -2.21. The van der Waals surface area contributed by atoms with Crippen LogP contribution in [-0.2, 0) is 0 Å². The van der Waals surface area contributed by atoms with E-state index in [0.29, 0.717) is 0 Å². The van der Waals surface area contributed by atoms with E-state index >= 15 is 0 Å². The predicted octanol–water partition coefficient (Wildman–Crippen LogP) is 2.36. The van der Waals surface area contributed by atoms with Crippen molar-refractivity contribution in [3.05, 3.63) is 12.4 Å². The van der Waals surface area contributed by atoms with Gasteiger partial charge in [-0.3, -0.25) is 0 Å². The normalized spacial score (nSPS) is 14.7. The highest BCUT2D eigenvalue weighted by Crippen LogP contribution is 2.06. The molecule has 0 bridgehead atoms. The van der Waals surface area contributed by atoms with Crippen molar-refractivity contribution in [2.75, 3.05) is 20.3 Å². The Morgan fingerprint density at radius 1 is 1.21 bits per heavy atom. The molecule has 1 aliphatic rings. The fraction of sp³-hybridized carbons (Fsp3) is 0.667. The number of quaternary nitrogens is 1. The van der Waals surface area contributed by atoms with Gasteiger partial charge in [0.25, 0.3) is 0 Å². The number of hydrogen-bond acceptors (Lipinski definition) is 2. The first-order valence-corrected chi connectivity index (χ1v) is 3.83. The highest BCUT2D eigenvalue weighted by atomic mass is 19.5. The summed E-state index contributed by atoms with van der Waals surface area (Å²) in [6.07, 6.45) is 4.20. The van der Waals surface area contributed by atoms with Crippen molar-refractivity contribution in [2.45, 2.75) is 6.92 Å². The number of halogens is 4. The standard InChI is InChI=1S/C6H12N2.BF4.H3N/c1-3-8-5-4-7(2)6-8;2-1(3,4)5;/h4-5H,3,6H2,1-2H3;;1H3/q;-1;/p+1. The largest absolute Gasteiger partial charge is 0.673 e. The zero-order valence-electron chi connectivity index (χ0n) is 8.55. The highest BCUT2D eigenvalue weighted by molar-refractivity contribution is 6.50. The first-order valence-electron chi connectivity index (χ1n) is 3.83. The Bertz CT molecular complexity index is 167. The Balaban J connectivity index is 0. The van der Waals surface area contributed by atoms with E-state index in [9.17, 15) is 17.3 Å². The van der Waals surface area contributed by atoms with Gasteiger partial charge in [0.15, 0.2) is 0 Å². The predicted molar refractivity (Wildman–Crippen MR) is 50.3 cm³/mol. The van der Waals surface area contributed by atoms with E-state index in [4.69, 9.17) is 0 Å². The lowest BCUT2D eigenvalue weighted by Gasteiger charge is -2.14. The second kappa shape index (κ2) is 6.53. The molecule has 0 radical (unpaired) electrons. The van der Waals surface area contributed by atoms with Crippen LogP contribution in [-0.4, -0.2) is 37.3 Å².